The maximum absolute atomic E-state index is 15.0. The molecular weight excluding hydrogens is 1530 g/mol. The number of nitrogens with one attached hydrogen (secondary N) is 9. The fourth-order valence-corrected chi connectivity index (χ4v) is 13.5. The van der Waals surface area contributed by atoms with Gasteiger partial charge in [0.05, 0.1) is 53.3 Å². The molecule has 0 aliphatic carbocycles. The van der Waals surface area contributed by atoms with E-state index >= 15 is 4.79 Å². The van der Waals surface area contributed by atoms with Crippen molar-refractivity contribution in [2.45, 2.75) is 152 Å². The zero-order chi connectivity index (χ0) is 83.0. The first-order chi connectivity index (χ1) is 53.5. The van der Waals surface area contributed by atoms with Crippen molar-refractivity contribution in [2.24, 2.45) is 16.0 Å². The minimum Gasteiger partial charge on any atom is -0.463 e. The highest BCUT2D eigenvalue weighted by Gasteiger charge is 2.38. The topological polar surface area (TPSA) is 510 Å². The Morgan fingerprint density at radius 1 is 0.566 bits per heavy atom. The van der Waals surface area contributed by atoms with Crippen molar-refractivity contribution >= 4 is 119 Å². The van der Waals surface area contributed by atoms with Crippen LogP contribution in [0.2, 0.25) is 0 Å². The second-order valence-electron chi connectivity index (χ2n) is 27.6. The summed E-state index contributed by atoms with van der Waals surface area (Å²) in [6.45, 7) is 5.89. The van der Waals surface area contributed by atoms with Gasteiger partial charge >= 0.3 is 18.2 Å². The number of H-pyrrole nitrogens is 1. The number of esters is 1. The Hall–Kier alpha value is -10.7. The molecule has 37 heteroatoms. The highest BCUT2D eigenvalue weighted by molar-refractivity contribution is 7.99. The van der Waals surface area contributed by atoms with Crippen molar-refractivity contribution < 1.29 is 99.1 Å². The smallest absolute Gasteiger partial charge is 0.408 e. The predicted molar refractivity (Wildman–Crippen MR) is 419 cm³/mol. The fraction of sp³-hybridized carbons (Fsp3) is 0.434. The van der Waals surface area contributed by atoms with Crippen LogP contribution >= 0.6 is 11.8 Å². The number of amides is 10. The number of ether oxygens (including phenoxy) is 3. The number of aromatic nitrogens is 1. The van der Waals surface area contributed by atoms with Crippen LogP contribution in [-0.2, 0) is 102 Å². The molecule has 0 radical (unpaired) electrons. The normalized spacial score (nSPS) is 14.3. The number of carbonyl (C=O) groups excluding carboxylic acids is 11. The van der Waals surface area contributed by atoms with Crippen LogP contribution in [0.4, 0.5) is 21.0 Å². The lowest BCUT2D eigenvalue weighted by Crippen LogP contribution is -2.63. The second-order valence-corrected chi connectivity index (χ2v) is 33.0. The molecule has 6 rings (SSSR count). The van der Waals surface area contributed by atoms with Gasteiger partial charge in [0, 0.05) is 61.8 Å². The van der Waals surface area contributed by atoms with Gasteiger partial charge in [0.25, 0.3) is 5.91 Å². The van der Waals surface area contributed by atoms with E-state index in [-0.39, 0.29) is 56.6 Å². The average Bonchev–Trinajstić information content (AvgIpc) is 1.71. The Morgan fingerprint density at radius 2 is 1.05 bits per heavy atom. The lowest BCUT2D eigenvalue weighted by Gasteiger charge is -2.29. The summed E-state index contributed by atoms with van der Waals surface area (Å²) in [6, 6.07) is 25.7. The second kappa shape index (κ2) is 44.5. The zero-order valence-electron chi connectivity index (χ0n) is 63.6. The number of aliphatic hydroxyl groups excluding tert-OH is 3. The molecule has 1 heterocycles. The largest absolute Gasteiger partial charge is 0.463 e. The van der Waals surface area contributed by atoms with Crippen molar-refractivity contribution in [3.63, 3.8) is 0 Å². The quantitative estimate of drug-likeness (QED) is 0.00860. The number of nitrogens with two attached hydrogens (primary N) is 1. The highest BCUT2D eigenvalue weighted by atomic mass is 32.2. The number of azo groups is 1. The molecule has 0 unspecified atom stereocenters. The SMILES string of the molecule is CC(=O)N(CSC[C@H](N)C(=O)OCCS(=O)(=O)Cc1ccc(N=Nc2ccccc2)cc1)C(=O)[C@H](CO)NC(=O)[C@@H](NC(=O)[C@H](Cc1ccccc1)NC(=O)[C@@H](NC(=O)[C@H](CCCCNC(=O)OCCS(C)(=O)=O)NC(=O)[C@H](Cc1c[nH]c2ccccc12)NC(=O)[C@H](Cc1ccccc1)NC(=O)OC(C)(C)C)[C@@H](C)O)[C@@H](C)O. The molecule has 0 fully saturated rings. The number of para-hydroxylation sites is 1. The van der Waals surface area contributed by atoms with Gasteiger partial charge in [-0.3, -0.25) is 48.1 Å². The standard InChI is InChI=1S/C76H99N13O21S3/c1-47(91)64(85-66(94)59(29-19-20-34-78-74(102)109-35-37-112(7,104)105)80-68(96)62(41-53-42-79-58-28-18-17-27-56(53)58)81-67(95)61(40-51-23-13-9-14-24-51)84-75(103)110-76(4,5)6)70(98)82-60(39-50-21-11-8-12-22-50)69(97)86-65(48(2)92)71(99)83-63(43-90)72(100)89(49(3)93)46-111-44-57(77)73(101)108-36-38-113(106,107)45-52-30-32-55(33-31-52)88-87-54-25-15-10-16-26-54/h8-18,21-28,30-33,42,47-48,57,59-65,79,90-92H,19-20,29,34-41,43-46,77H2,1-7H3,(H,78,102)(H,80,96)(H,81,95)(H,82,98)(H,83,99)(H,84,103)(H,85,94)(H,86,97)/t47-,48-,57+,59+,60+,61+,62+,63+,64+,65+/m1/s1. The van der Waals surface area contributed by atoms with E-state index in [9.17, 15) is 80.1 Å². The van der Waals surface area contributed by atoms with Gasteiger partial charge in [-0.1, -0.05) is 109 Å². The molecule has 0 saturated carbocycles. The van der Waals surface area contributed by atoms with Crippen molar-refractivity contribution in [1.82, 2.24) is 52.4 Å². The number of sulfone groups is 2. The van der Waals surface area contributed by atoms with Crippen molar-refractivity contribution in [3.05, 3.63) is 168 Å². The summed E-state index contributed by atoms with van der Waals surface area (Å²) in [5.41, 5.74) is 8.88. The molecule has 0 saturated heterocycles. The number of aromatic amines is 1. The van der Waals surface area contributed by atoms with E-state index in [1.165, 1.54) is 0 Å². The lowest BCUT2D eigenvalue weighted by molar-refractivity contribution is -0.146. The van der Waals surface area contributed by atoms with Crippen LogP contribution in [0.15, 0.2) is 156 Å². The van der Waals surface area contributed by atoms with Gasteiger partial charge in [0.15, 0.2) is 19.7 Å². The van der Waals surface area contributed by atoms with Crippen LogP contribution in [0.5, 0.6) is 0 Å². The third-order valence-electron chi connectivity index (χ3n) is 16.8. The summed E-state index contributed by atoms with van der Waals surface area (Å²) >= 11 is 0.788. The molecular formula is C76H99N13O21S3. The van der Waals surface area contributed by atoms with Crippen LogP contribution in [0.25, 0.3) is 10.9 Å². The van der Waals surface area contributed by atoms with Crippen LogP contribution in [-0.4, -0.2) is 229 Å². The molecule has 113 heavy (non-hydrogen) atoms. The Morgan fingerprint density at radius 3 is 1.60 bits per heavy atom. The van der Waals surface area contributed by atoms with E-state index in [0.29, 0.717) is 49.4 Å². The van der Waals surface area contributed by atoms with Crippen LogP contribution in [0.3, 0.4) is 0 Å². The highest BCUT2D eigenvalue weighted by Crippen LogP contribution is 2.23. The number of nitrogens with zero attached hydrogens (tertiary/aromatic N) is 3. The number of benzene rings is 5. The number of alkyl carbamates (subject to hydrolysis) is 2. The first-order valence-corrected chi connectivity index (χ1v) is 41.1. The van der Waals surface area contributed by atoms with E-state index in [2.05, 4.69) is 57.7 Å². The van der Waals surface area contributed by atoms with E-state index in [1.54, 1.807) is 160 Å². The Labute approximate surface area is 658 Å². The summed E-state index contributed by atoms with van der Waals surface area (Å²) in [5.74, 6) is -11.7. The van der Waals surface area contributed by atoms with Crippen molar-refractivity contribution in [1.29, 1.82) is 0 Å². The molecule has 10 atom stereocenters. The molecule has 10 amide bonds. The molecule has 612 valence electrons. The summed E-state index contributed by atoms with van der Waals surface area (Å²) in [5, 5.41) is 61.8. The fourth-order valence-electron chi connectivity index (χ4n) is 10.9. The molecule has 0 aliphatic rings. The maximum atomic E-state index is 15.0. The van der Waals surface area contributed by atoms with Gasteiger partial charge in [0.1, 0.15) is 67.1 Å². The Balaban J connectivity index is 1.15. The zero-order valence-corrected chi connectivity index (χ0v) is 66.0. The monoisotopic (exact) mass is 1630 g/mol. The minimum atomic E-state index is -3.79. The summed E-state index contributed by atoms with van der Waals surface area (Å²) < 4.78 is 64.8. The minimum absolute atomic E-state index is 0.0328. The number of carbonyl (C=O) groups is 11. The van der Waals surface area contributed by atoms with Gasteiger partial charge < -0.3 is 82.8 Å². The van der Waals surface area contributed by atoms with Gasteiger partial charge in [-0.05, 0) is 106 Å². The number of rotatable bonds is 43. The van der Waals surface area contributed by atoms with Gasteiger partial charge in [-0.2, -0.15) is 10.2 Å². The number of thioether (sulfide) groups is 1. The molecule has 34 nitrogen and oxygen atoms in total. The van der Waals surface area contributed by atoms with Gasteiger partial charge in [0.2, 0.25) is 41.4 Å². The predicted octanol–water partition coefficient (Wildman–Crippen LogP) is 2.66. The van der Waals surface area contributed by atoms with E-state index in [0.717, 1.165) is 38.8 Å². The van der Waals surface area contributed by atoms with Gasteiger partial charge in [-0.15, -0.1) is 11.8 Å². The molecule has 6 aromatic rings. The number of hydrogen-bond acceptors (Lipinski definition) is 25. The van der Waals surface area contributed by atoms with E-state index < -0.39 is 188 Å². The number of fused-ring (bicyclic) bond motifs is 1. The number of aliphatic hydroxyl groups is 3. The third-order valence-corrected chi connectivity index (χ3v) is 20.3. The number of unbranched alkanes of at least 4 members (excludes halogenated alkanes) is 1. The Bertz CT molecular complexity index is 4460. The van der Waals surface area contributed by atoms with Crippen molar-refractivity contribution in [2.75, 3.05) is 55.8 Å². The maximum Gasteiger partial charge on any atom is 0.408 e. The first kappa shape index (κ1) is 91.2. The molecule has 0 aliphatic heterocycles. The Kier molecular flexibility index (Phi) is 35.9. The summed E-state index contributed by atoms with van der Waals surface area (Å²) in [4.78, 5) is 157. The molecule has 1 aromatic heterocycles. The first-order valence-electron chi connectivity index (χ1n) is 36.1. The number of imide groups is 1. The summed E-state index contributed by atoms with van der Waals surface area (Å²) in [6.07, 6.45) is -3.60. The van der Waals surface area contributed by atoms with Crippen LogP contribution < -0.4 is 48.3 Å². The molecule has 0 spiro atoms. The van der Waals surface area contributed by atoms with Crippen LogP contribution in [0.1, 0.15) is 83.1 Å². The number of hydrogen-bond donors (Lipinski definition) is 13. The lowest BCUT2D eigenvalue weighted by atomic mass is 10.0. The van der Waals surface area contributed by atoms with Crippen molar-refractivity contribution in [3.8, 4) is 0 Å². The molecule has 0 bridgehead atoms. The van der Waals surface area contributed by atoms with E-state index in [4.69, 9.17) is 19.9 Å². The molecule has 5 aromatic carbocycles. The summed E-state index contributed by atoms with van der Waals surface area (Å²) in [7, 11) is -7.26. The molecule has 14 N–H and O–H groups in total. The third kappa shape index (κ3) is 32.1. The van der Waals surface area contributed by atoms with Crippen LogP contribution in [0, 0.1) is 0 Å². The average molecular weight is 1630 g/mol. The van der Waals surface area contributed by atoms with E-state index in [1.807, 2.05) is 6.07 Å². The van der Waals surface area contributed by atoms with Gasteiger partial charge in [-0.25, -0.2) is 26.4 Å².